The second kappa shape index (κ2) is 6.64. The van der Waals surface area contributed by atoms with E-state index in [4.69, 9.17) is 21.5 Å². The van der Waals surface area contributed by atoms with Crippen molar-refractivity contribution in [2.45, 2.75) is 25.9 Å². The lowest BCUT2D eigenvalue weighted by Gasteiger charge is -2.42. The predicted molar refractivity (Wildman–Crippen MR) is 79.2 cm³/mol. The Morgan fingerprint density at radius 1 is 1.33 bits per heavy atom. The number of hydroxylamine groups is 2. The third-order valence-electron chi connectivity index (χ3n) is 4.00. The van der Waals surface area contributed by atoms with Crippen LogP contribution >= 0.6 is 11.6 Å². The Labute approximate surface area is 129 Å². The van der Waals surface area contributed by atoms with Crippen LogP contribution in [0, 0.1) is 11.8 Å². The van der Waals surface area contributed by atoms with Gasteiger partial charge >= 0.3 is 6.16 Å². The molecule has 2 N–H and O–H groups in total. The molecule has 1 heterocycles. The third kappa shape index (κ3) is 3.87. The summed E-state index contributed by atoms with van der Waals surface area (Å²) in [6.07, 6.45) is -2.04. The van der Waals surface area contributed by atoms with Crippen LogP contribution in [0.15, 0.2) is 24.3 Å². The minimum absolute atomic E-state index is 0.0593. The van der Waals surface area contributed by atoms with Crippen molar-refractivity contribution in [1.82, 2.24) is 5.06 Å². The molecule has 21 heavy (non-hydrogen) atoms. The van der Waals surface area contributed by atoms with Crippen molar-refractivity contribution in [3.8, 4) is 0 Å². The summed E-state index contributed by atoms with van der Waals surface area (Å²) >= 11 is 5.91. The van der Waals surface area contributed by atoms with E-state index in [0.29, 0.717) is 11.6 Å². The molecule has 3 atom stereocenters. The summed E-state index contributed by atoms with van der Waals surface area (Å²) in [7, 11) is 0. The molecule has 0 aromatic heterocycles. The van der Waals surface area contributed by atoms with Gasteiger partial charge in [-0.25, -0.2) is 4.79 Å². The Balaban J connectivity index is 2.23. The van der Waals surface area contributed by atoms with Gasteiger partial charge in [-0.1, -0.05) is 37.6 Å². The van der Waals surface area contributed by atoms with Gasteiger partial charge in [0.05, 0.1) is 12.6 Å². The maximum atomic E-state index is 10.7. The minimum atomic E-state index is -1.35. The minimum Gasteiger partial charge on any atom is -0.448 e. The molecule has 1 aromatic carbocycles. The van der Waals surface area contributed by atoms with Gasteiger partial charge in [-0.2, -0.15) is 0 Å². The van der Waals surface area contributed by atoms with E-state index in [2.05, 4.69) is 13.8 Å². The molecule has 0 aliphatic carbocycles. The van der Waals surface area contributed by atoms with Crippen molar-refractivity contribution in [2.24, 2.45) is 11.8 Å². The van der Waals surface area contributed by atoms with Crippen LogP contribution in [-0.2, 0) is 4.84 Å². The smallest absolute Gasteiger partial charge is 0.448 e. The standard InChI is InChI=1S/C15H20ClNO4/c1-9(2)12-7-17(21-15(19)20)8-13(18)14(12)10-3-5-11(16)6-4-10/h3-6,9,12-14,18H,7-8H2,1-2H3,(H,19,20). The Morgan fingerprint density at radius 3 is 2.48 bits per heavy atom. The fourth-order valence-electron chi connectivity index (χ4n) is 3.00. The lowest BCUT2D eigenvalue weighted by molar-refractivity contribution is -0.173. The summed E-state index contributed by atoms with van der Waals surface area (Å²) < 4.78 is 0. The summed E-state index contributed by atoms with van der Waals surface area (Å²) in [6, 6.07) is 7.45. The van der Waals surface area contributed by atoms with Gasteiger partial charge in [0.25, 0.3) is 0 Å². The number of aliphatic hydroxyl groups is 1. The largest absolute Gasteiger partial charge is 0.525 e. The van der Waals surface area contributed by atoms with E-state index >= 15 is 0 Å². The first-order valence-electron chi connectivity index (χ1n) is 6.98. The van der Waals surface area contributed by atoms with Gasteiger partial charge in [0.1, 0.15) is 0 Å². The molecule has 1 aliphatic rings. The molecule has 0 spiro atoms. The Kier molecular flexibility index (Phi) is 5.08. The number of halogens is 1. The van der Waals surface area contributed by atoms with Crippen LogP contribution < -0.4 is 0 Å². The number of carboxylic acid groups (broad SMARTS) is 1. The maximum absolute atomic E-state index is 10.7. The molecule has 3 unspecified atom stereocenters. The molecule has 0 amide bonds. The number of nitrogens with zero attached hydrogens (tertiary/aromatic N) is 1. The average Bonchev–Trinajstić information content (AvgIpc) is 2.38. The molecule has 1 aliphatic heterocycles. The van der Waals surface area contributed by atoms with Crippen LogP contribution in [0.3, 0.4) is 0 Å². The maximum Gasteiger partial charge on any atom is 0.525 e. The number of benzene rings is 1. The van der Waals surface area contributed by atoms with E-state index in [1.807, 2.05) is 12.1 Å². The first-order valence-corrected chi connectivity index (χ1v) is 7.35. The Morgan fingerprint density at radius 2 is 1.95 bits per heavy atom. The molecule has 5 nitrogen and oxygen atoms in total. The van der Waals surface area contributed by atoms with Gasteiger partial charge in [-0.05, 0) is 29.5 Å². The topological polar surface area (TPSA) is 70.0 Å². The van der Waals surface area contributed by atoms with E-state index in [1.165, 1.54) is 5.06 Å². The molecule has 2 rings (SSSR count). The summed E-state index contributed by atoms with van der Waals surface area (Å²) in [5.74, 6) is 0.311. The van der Waals surface area contributed by atoms with Gasteiger partial charge in [0.15, 0.2) is 0 Å². The Bertz CT molecular complexity index is 491. The zero-order valence-electron chi connectivity index (χ0n) is 12.1. The molecular formula is C15H20ClNO4. The zero-order chi connectivity index (χ0) is 15.6. The molecule has 6 heteroatoms. The van der Waals surface area contributed by atoms with E-state index in [0.717, 1.165) is 5.56 Å². The summed E-state index contributed by atoms with van der Waals surface area (Å²) in [5, 5.41) is 21.2. The quantitative estimate of drug-likeness (QED) is 0.897. The fourth-order valence-corrected chi connectivity index (χ4v) is 3.12. The SMILES string of the molecule is CC(C)C1CN(OC(=O)O)CC(O)C1c1ccc(Cl)cc1. The highest BCUT2D eigenvalue weighted by atomic mass is 35.5. The highest BCUT2D eigenvalue weighted by Crippen LogP contribution is 2.38. The van der Waals surface area contributed by atoms with E-state index in [9.17, 15) is 9.90 Å². The lowest BCUT2D eigenvalue weighted by atomic mass is 9.74. The number of piperidine rings is 1. The van der Waals surface area contributed by atoms with Crippen LogP contribution in [-0.4, -0.2) is 40.6 Å². The number of carbonyl (C=O) groups is 1. The highest BCUT2D eigenvalue weighted by Gasteiger charge is 2.39. The molecule has 1 aromatic rings. The molecule has 116 valence electrons. The van der Waals surface area contributed by atoms with Crippen molar-refractivity contribution >= 4 is 17.8 Å². The van der Waals surface area contributed by atoms with Gasteiger partial charge in [-0.3, -0.25) is 0 Å². The predicted octanol–water partition coefficient (Wildman–Crippen LogP) is 2.98. The number of hydrogen-bond donors (Lipinski definition) is 2. The molecule has 0 radical (unpaired) electrons. The van der Waals surface area contributed by atoms with Crippen molar-refractivity contribution in [1.29, 1.82) is 0 Å². The van der Waals surface area contributed by atoms with Gasteiger partial charge in [0.2, 0.25) is 0 Å². The Hall–Kier alpha value is -1.30. The first-order chi connectivity index (χ1) is 9.88. The lowest BCUT2D eigenvalue weighted by Crippen LogP contribution is -2.50. The van der Waals surface area contributed by atoms with Crippen molar-refractivity contribution in [3.63, 3.8) is 0 Å². The monoisotopic (exact) mass is 313 g/mol. The zero-order valence-corrected chi connectivity index (χ0v) is 12.8. The molecule has 0 bridgehead atoms. The molecule has 1 fully saturated rings. The second-order valence-corrected chi connectivity index (χ2v) is 6.19. The summed E-state index contributed by atoms with van der Waals surface area (Å²) in [5.41, 5.74) is 1.01. The average molecular weight is 314 g/mol. The molecule has 1 saturated heterocycles. The summed E-state index contributed by atoms with van der Waals surface area (Å²) in [6.45, 7) is 4.76. The number of β-amino-alcohol motifs (C(OH)–C–C–N with tert-alkyl or cyclic N) is 1. The van der Waals surface area contributed by atoms with Crippen LogP contribution in [0.5, 0.6) is 0 Å². The van der Waals surface area contributed by atoms with Crippen LogP contribution in [0.25, 0.3) is 0 Å². The van der Waals surface area contributed by atoms with Crippen LogP contribution in [0.1, 0.15) is 25.3 Å². The first kappa shape index (κ1) is 16.1. The molecule has 0 saturated carbocycles. The second-order valence-electron chi connectivity index (χ2n) is 5.76. The summed E-state index contributed by atoms with van der Waals surface area (Å²) in [4.78, 5) is 15.4. The van der Waals surface area contributed by atoms with E-state index in [-0.39, 0.29) is 24.3 Å². The van der Waals surface area contributed by atoms with Crippen molar-refractivity contribution in [2.75, 3.05) is 13.1 Å². The van der Waals surface area contributed by atoms with E-state index < -0.39 is 12.3 Å². The highest BCUT2D eigenvalue weighted by molar-refractivity contribution is 6.30. The fraction of sp³-hybridized carbons (Fsp3) is 0.533. The number of hydrogen-bond acceptors (Lipinski definition) is 4. The van der Waals surface area contributed by atoms with Gasteiger partial charge < -0.3 is 15.1 Å². The van der Waals surface area contributed by atoms with E-state index in [1.54, 1.807) is 12.1 Å². The van der Waals surface area contributed by atoms with Crippen molar-refractivity contribution in [3.05, 3.63) is 34.9 Å². The van der Waals surface area contributed by atoms with Gasteiger partial charge in [-0.15, -0.1) is 5.06 Å². The van der Waals surface area contributed by atoms with Gasteiger partial charge in [0, 0.05) is 17.5 Å². The van der Waals surface area contributed by atoms with Crippen molar-refractivity contribution < 1.29 is 19.8 Å². The van der Waals surface area contributed by atoms with Crippen LogP contribution in [0.4, 0.5) is 4.79 Å². The normalized spacial score (nSPS) is 26.8. The van der Waals surface area contributed by atoms with Crippen LogP contribution in [0.2, 0.25) is 5.02 Å². The number of aliphatic hydroxyl groups excluding tert-OH is 1. The third-order valence-corrected chi connectivity index (χ3v) is 4.25. The molecular weight excluding hydrogens is 294 g/mol. The number of rotatable bonds is 3.